The number of ether oxygens (including phenoxy) is 1. The fourth-order valence-electron chi connectivity index (χ4n) is 3.28. The Balaban J connectivity index is 1.41. The number of carbonyl (C=O) groups is 2. The number of amides is 1. The van der Waals surface area contributed by atoms with Crippen LogP contribution in [0.2, 0.25) is 0 Å². The van der Waals surface area contributed by atoms with Gasteiger partial charge in [0.1, 0.15) is 0 Å². The number of nitrogens with one attached hydrogen (secondary N) is 1. The monoisotopic (exact) mass is 401 g/mol. The summed E-state index contributed by atoms with van der Waals surface area (Å²) >= 11 is 0. The molecule has 154 valence electrons. The zero-order chi connectivity index (χ0) is 21.2. The van der Waals surface area contributed by atoms with Gasteiger partial charge in [-0.3, -0.25) is 4.79 Å². The summed E-state index contributed by atoms with van der Waals surface area (Å²) in [5.41, 5.74) is 4.99. The Kier molecular flexibility index (Phi) is 7.78. The maximum atomic E-state index is 12.1. The van der Waals surface area contributed by atoms with E-state index in [2.05, 4.69) is 17.4 Å². The lowest BCUT2D eigenvalue weighted by Crippen LogP contribution is -2.22. The maximum Gasteiger partial charge on any atom is 0.337 e. The van der Waals surface area contributed by atoms with E-state index in [0.29, 0.717) is 18.5 Å². The van der Waals surface area contributed by atoms with E-state index in [4.69, 9.17) is 4.74 Å². The van der Waals surface area contributed by atoms with Crippen LogP contribution in [0.3, 0.4) is 0 Å². The molecule has 0 atom stereocenters. The van der Waals surface area contributed by atoms with Gasteiger partial charge < -0.3 is 10.1 Å². The lowest BCUT2D eigenvalue weighted by Gasteiger charge is -2.08. The van der Waals surface area contributed by atoms with E-state index in [-0.39, 0.29) is 11.9 Å². The molecule has 1 amide bonds. The minimum atomic E-state index is -0.340. The van der Waals surface area contributed by atoms with Gasteiger partial charge in [0.2, 0.25) is 5.91 Å². The minimum Gasteiger partial charge on any atom is -0.465 e. The van der Waals surface area contributed by atoms with Gasteiger partial charge in [-0.25, -0.2) is 4.79 Å². The molecule has 3 aromatic rings. The molecule has 3 rings (SSSR count). The first-order valence-corrected chi connectivity index (χ1v) is 10.2. The fraction of sp³-hybridized carbons (Fsp3) is 0.231. The van der Waals surface area contributed by atoms with E-state index in [9.17, 15) is 9.59 Å². The van der Waals surface area contributed by atoms with Gasteiger partial charge in [-0.15, -0.1) is 0 Å². The van der Waals surface area contributed by atoms with Crippen LogP contribution in [0.4, 0.5) is 0 Å². The summed E-state index contributed by atoms with van der Waals surface area (Å²) in [7, 11) is 1.37. The maximum absolute atomic E-state index is 12.1. The van der Waals surface area contributed by atoms with E-state index in [0.717, 1.165) is 36.0 Å². The molecule has 0 saturated heterocycles. The van der Waals surface area contributed by atoms with Crippen LogP contribution in [0.15, 0.2) is 78.9 Å². The number of benzene rings is 3. The largest absolute Gasteiger partial charge is 0.465 e. The molecule has 0 aliphatic carbocycles. The Morgan fingerprint density at radius 3 is 2.03 bits per heavy atom. The number of methoxy groups -OCH3 is 1. The topological polar surface area (TPSA) is 55.4 Å². The van der Waals surface area contributed by atoms with Crippen molar-refractivity contribution in [1.82, 2.24) is 5.32 Å². The Labute approximate surface area is 177 Å². The third kappa shape index (κ3) is 6.31. The van der Waals surface area contributed by atoms with Crippen molar-refractivity contribution in [3.8, 4) is 11.1 Å². The second-order valence-corrected chi connectivity index (χ2v) is 7.24. The molecule has 30 heavy (non-hydrogen) atoms. The molecular weight excluding hydrogens is 374 g/mol. The highest BCUT2D eigenvalue weighted by Gasteiger charge is 2.06. The molecule has 0 aliphatic rings. The average Bonchev–Trinajstić information content (AvgIpc) is 2.81. The second-order valence-electron chi connectivity index (χ2n) is 7.24. The number of carbonyl (C=O) groups excluding carboxylic acids is 2. The van der Waals surface area contributed by atoms with E-state index in [1.165, 1.54) is 12.7 Å². The number of unbranched alkanes of at least 4 members (excludes halogenated alkanes) is 1. The smallest absolute Gasteiger partial charge is 0.337 e. The highest BCUT2D eigenvalue weighted by atomic mass is 16.5. The lowest BCUT2D eigenvalue weighted by atomic mass is 10.0. The van der Waals surface area contributed by atoms with Gasteiger partial charge in [-0.2, -0.15) is 0 Å². The molecule has 0 fully saturated rings. The minimum absolute atomic E-state index is 0.0885. The molecule has 0 aliphatic heterocycles. The van der Waals surface area contributed by atoms with Gasteiger partial charge in [0.15, 0.2) is 0 Å². The Hall–Kier alpha value is -3.40. The second kappa shape index (κ2) is 11.0. The van der Waals surface area contributed by atoms with Crippen LogP contribution in [0, 0.1) is 0 Å². The number of hydrogen-bond donors (Lipinski definition) is 1. The van der Waals surface area contributed by atoms with Crippen molar-refractivity contribution in [3.05, 3.63) is 95.6 Å². The predicted molar refractivity (Wildman–Crippen MR) is 119 cm³/mol. The summed E-state index contributed by atoms with van der Waals surface area (Å²) in [4.78, 5) is 23.6. The first-order valence-electron chi connectivity index (χ1n) is 10.2. The van der Waals surface area contributed by atoms with Crippen molar-refractivity contribution in [1.29, 1.82) is 0 Å². The molecule has 0 bridgehead atoms. The normalized spacial score (nSPS) is 10.4. The molecule has 0 aromatic heterocycles. The molecule has 0 radical (unpaired) electrons. The van der Waals surface area contributed by atoms with Crippen LogP contribution in [0.5, 0.6) is 0 Å². The highest BCUT2D eigenvalue weighted by molar-refractivity contribution is 5.90. The van der Waals surface area contributed by atoms with Crippen LogP contribution in [0.1, 0.15) is 40.7 Å². The van der Waals surface area contributed by atoms with Crippen molar-refractivity contribution < 1.29 is 14.3 Å². The number of hydrogen-bond acceptors (Lipinski definition) is 3. The van der Waals surface area contributed by atoms with Gasteiger partial charge in [0.25, 0.3) is 0 Å². The molecule has 0 heterocycles. The van der Waals surface area contributed by atoms with Crippen LogP contribution < -0.4 is 5.32 Å². The standard InChI is InChI=1S/C26H27NO3/c1-30-26(29)24-17-15-23(16-18-24)22-13-11-21(12-14-22)19-27-25(28)10-6-5-9-20-7-3-2-4-8-20/h2-4,7-8,11-18H,5-6,9-10,19H2,1H3,(H,27,28). The lowest BCUT2D eigenvalue weighted by molar-refractivity contribution is -0.121. The zero-order valence-electron chi connectivity index (χ0n) is 17.3. The van der Waals surface area contributed by atoms with Crippen molar-refractivity contribution in [2.45, 2.75) is 32.2 Å². The Morgan fingerprint density at radius 2 is 1.40 bits per heavy atom. The number of aryl methyl sites for hydroxylation is 1. The van der Waals surface area contributed by atoms with Crippen LogP contribution in [0.25, 0.3) is 11.1 Å². The van der Waals surface area contributed by atoms with E-state index >= 15 is 0 Å². The third-order valence-electron chi connectivity index (χ3n) is 5.05. The van der Waals surface area contributed by atoms with Gasteiger partial charge in [0, 0.05) is 13.0 Å². The SMILES string of the molecule is COC(=O)c1ccc(-c2ccc(CNC(=O)CCCCc3ccccc3)cc2)cc1. The van der Waals surface area contributed by atoms with Crippen molar-refractivity contribution in [2.24, 2.45) is 0 Å². The molecule has 0 spiro atoms. The summed E-state index contributed by atoms with van der Waals surface area (Å²) in [6, 6.07) is 25.7. The van der Waals surface area contributed by atoms with E-state index < -0.39 is 0 Å². The average molecular weight is 402 g/mol. The first kappa shape index (κ1) is 21.3. The summed E-state index contributed by atoms with van der Waals surface area (Å²) in [6.45, 7) is 0.527. The molecule has 4 nitrogen and oxygen atoms in total. The van der Waals surface area contributed by atoms with Gasteiger partial charge in [0.05, 0.1) is 12.7 Å². The number of rotatable bonds is 9. The van der Waals surface area contributed by atoms with Crippen LogP contribution in [-0.2, 0) is 22.5 Å². The zero-order valence-corrected chi connectivity index (χ0v) is 17.3. The van der Waals surface area contributed by atoms with Crippen molar-refractivity contribution in [2.75, 3.05) is 7.11 Å². The fourth-order valence-corrected chi connectivity index (χ4v) is 3.28. The molecule has 4 heteroatoms. The molecule has 1 N–H and O–H groups in total. The molecule has 0 unspecified atom stereocenters. The van der Waals surface area contributed by atoms with E-state index in [1.54, 1.807) is 12.1 Å². The third-order valence-corrected chi connectivity index (χ3v) is 5.05. The summed E-state index contributed by atoms with van der Waals surface area (Å²) in [6.07, 6.45) is 3.47. The molecule has 3 aromatic carbocycles. The van der Waals surface area contributed by atoms with Crippen LogP contribution in [-0.4, -0.2) is 19.0 Å². The quantitative estimate of drug-likeness (QED) is 0.398. The summed E-state index contributed by atoms with van der Waals surface area (Å²) < 4.78 is 4.72. The summed E-state index contributed by atoms with van der Waals surface area (Å²) in [5.74, 6) is -0.252. The van der Waals surface area contributed by atoms with Crippen LogP contribution >= 0.6 is 0 Å². The Bertz CT molecular complexity index is 948. The molecular formula is C26H27NO3. The van der Waals surface area contributed by atoms with E-state index in [1.807, 2.05) is 54.6 Å². The Morgan fingerprint density at radius 1 is 0.767 bits per heavy atom. The van der Waals surface area contributed by atoms with Gasteiger partial charge >= 0.3 is 5.97 Å². The first-order chi connectivity index (χ1) is 14.7. The van der Waals surface area contributed by atoms with Gasteiger partial charge in [-0.1, -0.05) is 66.7 Å². The molecule has 0 saturated carbocycles. The van der Waals surface area contributed by atoms with Crippen molar-refractivity contribution >= 4 is 11.9 Å². The van der Waals surface area contributed by atoms with Gasteiger partial charge in [-0.05, 0) is 53.6 Å². The highest BCUT2D eigenvalue weighted by Crippen LogP contribution is 2.20. The van der Waals surface area contributed by atoms with Crippen molar-refractivity contribution in [3.63, 3.8) is 0 Å². The summed E-state index contributed by atoms with van der Waals surface area (Å²) in [5, 5.41) is 2.99. The predicted octanol–water partition coefficient (Wildman–Crippen LogP) is 5.17. The number of esters is 1.